The lowest BCUT2D eigenvalue weighted by Gasteiger charge is -2.54. The molecule has 3 saturated carbocycles. The zero-order chi connectivity index (χ0) is 19.4. The normalized spacial score (nSPS) is 46.1. The number of allylic oxidation sites excluding steroid dienone is 4. The van der Waals surface area contributed by atoms with E-state index >= 15 is 0 Å². The molecule has 152 valence electrons. The van der Waals surface area contributed by atoms with Crippen LogP contribution in [-0.4, -0.2) is 0 Å². The lowest BCUT2D eigenvalue weighted by atomic mass is 9.51. The molecule has 8 atom stereocenters. The first-order valence-electron chi connectivity index (χ1n) is 12.2. The summed E-state index contributed by atoms with van der Waals surface area (Å²) in [4.78, 5) is 0. The Hall–Kier alpha value is -0.520. The molecular weight excluding hydrogens is 324 g/mol. The van der Waals surface area contributed by atoms with Crippen molar-refractivity contribution < 1.29 is 0 Å². The summed E-state index contributed by atoms with van der Waals surface area (Å²) in [5, 5.41) is 0. The molecule has 4 aliphatic rings. The standard InChI is InChI=1S/C27H44/c1-18(2)19(3)9-10-20(4)23-13-14-24-22-12-11-21-8-7-16-26(21,5)25(22)15-17-27(23,24)6/h9-10,12,18-21,23-25H,7-8,11,13-17H2,1-6H3/b10-9+/t19-,20+,21-,23-,24+,25-,26+,27+/m0/s1. The van der Waals surface area contributed by atoms with Crippen LogP contribution in [0.2, 0.25) is 0 Å². The van der Waals surface area contributed by atoms with E-state index in [-0.39, 0.29) is 0 Å². The molecule has 0 saturated heterocycles. The molecule has 0 spiro atoms. The maximum Gasteiger partial charge on any atom is -0.0143 e. The minimum Gasteiger partial charge on any atom is -0.0852 e. The zero-order valence-electron chi connectivity index (χ0n) is 18.9. The Balaban J connectivity index is 1.54. The molecule has 0 aromatic rings. The van der Waals surface area contributed by atoms with Crippen molar-refractivity contribution in [3.63, 3.8) is 0 Å². The monoisotopic (exact) mass is 368 g/mol. The van der Waals surface area contributed by atoms with Crippen LogP contribution in [-0.2, 0) is 0 Å². The highest BCUT2D eigenvalue weighted by Crippen LogP contribution is 2.67. The summed E-state index contributed by atoms with van der Waals surface area (Å²) in [6, 6.07) is 0. The quantitative estimate of drug-likeness (QED) is 0.440. The van der Waals surface area contributed by atoms with Gasteiger partial charge >= 0.3 is 0 Å². The van der Waals surface area contributed by atoms with Gasteiger partial charge < -0.3 is 0 Å². The van der Waals surface area contributed by atoms with Gasteiger partial charge in [-0.25, -0.2) is 0 Å². The van der Waals surface area contributed by atoms with Crippen LogP contribution in [0.1, 0.15) is 92.9 Å². The molecule has 0 nitrogen and oxygen atoms in total. The molecule has 0 heterocycles. The van der Waals surface area contributed by atoms with Crippen molar-refractivity contribution in [3.05, 3.63) is 23.8 Å². The second-order valence-electron chi connectivity index (χ2n) is 11.7. The molecule has 0 radical (unpaired) electrons. The van der Waals surface area contributed by atoms with Gasteiger partial charge in [0, 0.05) is 0 Å². The van der Waals surface area contributed by atoms with Crippen LogP contribution in [0.4, 0.5) is 0 Å². The van der Waals surface area contributed by atoms with E-state index in [0.29, 0.717) is 16.7 Å². The fourth-order valence-electron chi connectivity index (χ4n) is 7.99. The van der Waals surface area contributed by atoms with Crippen molar-refractivity contribution in [1.82, 2.24) is 0 Å². The van der Waals surface area contributed by atoms with Crippen molar-refractivity contribution in [2.24, 2.45) is 52.3 Å². The van der Waals surface area contributed by atoms with Gasteiger partial charge in [0.2, 0.25) is 0 Å². The Morgan fingerprint density at radius 2 is 1.63 bits per heavy atom. The van der Waals surface area contributed by atoms with Gasteiger partial charge in [-0.2, -0.15) is 0 Å². The van der Waals surface area contributed by atoms with E-state index in [1.54, 1.807) is 0 Å². The van der Waals surface area contributed by atoms with Crippen molar-refractivity contribution >= 4 is 0 Å². The Bertz CT molecular complexity index is 610. The summed E-state index contributed by atoms with van der Waals surface area (Å²) in [5.41, 5.74) is 3.12. The Kier molecular flexibility index (Phi) is 5.18. The van der Waals surface area contributed by atoms with Crippen LogP contribution in [0.5, 0.6) is 0 Å². The number of hydrogen-bond acceptors (Lipinski definition) is 0. The first kappa shape index (κ1) is 19.8. The van der Waals surface area contributed by atoms with Gasteiger partial charge in [-0.3, -0.25) is 0 Å². The van der Waals surface area contributed by atoms with E-state index in [0.717, 1.165) is 35.5 Å². The minimum atomic E-state index is 0.551. The first-order valence-corrected chi connectivity index (χ1v) is 12.2. The van der Waals surface area contributed by atoms with Gasteiger partial charge in [-0.15, -0.1) is 0 Å². The van der Waals surface area contributed by atoms with Crippen LogP contribution in [0.3, 0.4) is 0 Å². The molecule has 0 bridgehead atoms. The predicted octanol–water partition coefficient (Wildman–Crippen LogP) is 8.05. The maximum absolute atomic E-state index is 2.76. The Morgan fingerprint density at radius 3 is 2.37 bits per heavy atom. The van der Waals surface area contributed by atoms with Gasteiger partial charge in [0.15, 0.2) is 0 Å². The molecule has 0 aromatic carbocycles. The molecule has 4 aliphatic carbocycles. The molecular formula is C27H44. The molecule has 0 N–H and O–H groups in total. The van der Waals surface area contributed by atoms with Crippen LogP contribution in [0.25, 0.3) is 0 Å². The number of hydrogen-bond donors (Lipinski definition) is 0. The highest BCUT2D eigenvalue weighted by molar-refractivity contribution is 5.28. The van der Waals surface area contributed by atoms with E-state index in [2.05, 4.69) is 59.8 Å². The molecule has 0 unspecified atom stereocenters. The largest absolute Gasteiger partial charge is 0.0852 e. The van der Waals surface area contributed by atoms with Crippen molar-refractivity contribution in [1.29, 1.82) is 0 Å². The van der Waals surface area contributed by atoms with E-state index < -0.39 is 0 Å². The Morgan fingerprint density at radius 1 is 0.889 bits per heavy atom. The average Bonchev–Trinajstić information content (AvgIpc) is 3.18. The lowest BCUT2D eigenvalue weighted by molar-refractivity contribution is 0.0314. The molecule has 3 fully saturated rings. The van der Waals surface area contributed by atoms with Crippen molar-refractivity contribution in [2.75, 3.05) is 0 Å². The first-order chi connectivity index (χ1) is 12.8. The topological polar surface area (TPSA) is 0 Å². The van der Waals surface area contributed by atoms with Crippen LogP contribution in [0, 0.1) is 52.3 Å². The summed E-state index contributed by atoms with van der Waals surface area (Å²) in [7, 11) is 0. The number of rotatable bonds is 4. The van der Waals surface area contributed by atoms with E-state index in [4.69, 9.17) is 0 Å². The third-order valence-corrected chi connectivity index (χ3v) is 10.2. The molecule has 0 aliphatic heterocycles. The minimum absolute atomic E-state index is 0.551. The van der Waals surface area contributed by atoms with Gasteiger partial charge in [-0.05, 0) is 97.2 Å². The predicted molar refractivity (Wildman–Crippen MR) is 117 cm³/mol. The van der Waals surface area contributed by atoms with Crippen molar-refractivity contribution in [3.8, 4) is 0 Å². The van der Waals surface area contributed by atoms with Crippen LogP contribution >= 0.6 is 0 Å². The molecule has 4 rings (SSSR count). The summed E-state index contributed by atoms with van der Waals surface area (Å²) >= 11 is 0. The fourth-order valence-corrected chi connectivity index (χ4v) is 7.99. The zero-order valence-corrected chi connectivity index (χ0v) is 18.9. The average molecular weight is 369 g/mol. The maximum atomic E-state index is 2.76. The SMILES string of the molecule is CC(C)[C@@H](C)/C=C/[C@@H](C)[C@@H]1CC[C@@H]2C3=CC[C@@H]4CCC[C@@]4(C)[C@H]3CC[C@@]21C. The second-order valence-corrected chi connectivity index (χ2v) is 11.7. The van der Waals surface area contributed by atoms with Gasteiger partial charge in [-0.1, -0.05) is 71.8 Å². The summed E-state index contributed by atoms with van der Waals surface area (Å²) in [5.74, 6) is 5.87. The molecule has 0 aromatic heterocycles. The second kappa shape index (κ2) is 7.07. The highest BCUT2D eigenvalue weighted by atomic mass is 14.6. The summed E-state index contributed by atoms with van der Waals surface area (Å²) in [6.07, 6.45) is 19.6. The van der Waals surface area contributed by atoms with Crippen molar-refractivity contribution in [2.45, 2.75) is 92.9 Å². The van der Waals surface area contributed by atoms with Gasteiger partial charge in [0.1, 0.15) is 0 Å². The summed E-state index contributed by atoms with van der Waals surface area (Å²) in [6.45, 7) is 14.9. The smallest absolute Gasteiger partial charge is 0.0143 e. The van der Waals surface area contributed by atoms with Crippen LogP contribution < -0.4 is 0 Å². The Labute approximate surface area is 169 Å². The third-order valence-electron chi connectivity index (χ3n) is 10.2. The highest BCUT2D eigenvalue weighted by Gasteiger charge is 2.57. The van der Waals surface area contributed by atoms with Gasteiger partial charge in [0.25, 0.3) is 0 Å². The van der Waals surface area contributed by atoms with Gasteiger partial charge in [0.05, 0.1) is 0 Å². The van der Waals surface area contributed by atoms with E-state index in [1.807, 2.05) is 5.57 Å². The summed E-state index contributed by atoms with van der Waals surface area (Å²) < 4.78 is 0. The fraction of sp³-hybridized carbons (Fsp3) is 0.852. The van der Waals surface area contributed by atoms with E-state index in [1.165, 1.54) is 51.4 Å². The molecule has 0 heteroatoms. The number of fused-ring (bicyclic) bond motifs is 5. The van der Waals surface area contributed by atoms with E-state index in [9.17, 15) is 0 Å². The lowest BCUT2D eigenvalue weighted by Crippen LogP contribution is -2.45. The molecule has 27 heavy (non-hydrogen) atoms. The van der Waals surface area contributed by atoms with Crippen LogP contribution in [0.15, 0.2) is 23.8 Å². The molecule has 0 amide bonds. The third kappa shape index (κ3) is 3.08.